The summed E-state index contributed by atoms with van der Waals surface area (Å²) in [4.78, 5) is 4.52. The highest BCUT2D eigenvalue weighted by atomic mass is 32.2. The van der Waals surface area contributed by atoms with Crippen molar-refractivity contribution in [1.82, 2.24) is 29.6 Å². The maximum Gasteiger partial charge on any atom is 0.221 e. The third kappa shape index (κ3) is 2.61. The highest BCUT2D eigenvalue weighted by Gasteiger charge is 2.28. The van der Waals surface area contributed by atoms with Gasteiger partial charge in [0.15, 0.2) is 4.34 Å². The summed E-state index contributed by atoms with van der Waals surface area (Å²) in [5.74, 6) is 1.69. The molecule has 0 bridgehead atoms. The minimum absolute atomic E-state index is 0.208. The number of nitrogens with zero attached hydrogens (tertiary/aromatic N) is 6. The number of aromatic nitrogens is 6. The number of aromatic hydroxyl groups is 1. The van der Waals surface area contributed by atoms with E-state index in [4.69, 9.17) is 0 Å². The molecule has 1 N–H and O–H groups in total. The molecule has 0 radical (unpaired) electrons. The Morgan fingerprint density at radius 3 is 2.81 bits per heavy atom. The molecule has 0 amide bonds. The number of hydrogen-bond acceptors (Lipinski definition) is 8. The molecule has 21 heavy (non-hydrogen) atoms. The van der Waals surface area contributed by atoms with E-state index in [0.717, 1.165) is 15.9 Å². The molecule has 0 aliphatic heterocycles. The van der Waals surface area contributed by atoms with E-state index >= 15 is 0 Å². The van der Waals surface area contributed by atoms with Crippen LogP contribution in [0.25, 0.3) is 5.69 Å². The molecular weight excluding hydrogens is 308 g/mol. The molecule has 1 fully saturated rings. The topological polar surface area (TPSA) is 89.6 Å². The minimum Gasteiger partial charge on any atom is -0.508 e. The minimum atomic E-state index is 0.208. The monoisotopic (exact) mass is 318 g/mol. The van der Waals surface area contributed by atoms with Crippen LogP contribution < -0.4 is 0 Å². The average Bonchev–Trinajstić information content (AvgIpc) is 3.07. The van der Waals surface area contributed by atoms with Crippen molar-refractivity contribution in [3.8, 4) is 11.4 Å². The van der Waals surface area contributed by atoms with Crippen LogP contribution in [0.2, 0.25) is 0 Å². The van der Waals surface area contributed by atoms with Crippen molar-refractivity contribution in [2.75, 3.05) is 0 Å². The third-order valence-corrected chi connectivity index (χ3v) is 4.78. The Morgan fingerprint density at radius 1 is 1.24 bits per heavy atom. The Morgan fingerprint density at radius 2 is 2.05 bits per heavy atom. The Kier molecular flexibility index (Phi) is 3.08. The fourth-order valence-electron chi connectivity index (χ4n) is 1.85. The average molecular weight is 318 g/mol. The van der Waals surface area contributed by atoms with Gasteiger partial charge in [0.2, 0.25) is 5.16 Å². The van der Waals surface area contributed by atoms with Crippen LogP contribution >= 0.6 is 23.3 Å². The molecule has 2 aromatic heterocycles. The van der Waals surface area contributed by atoms with Crippen LogP contribution in [0.4, 0.5) is 0 Å². The Balaban J connectivity index is 1.60. The van der Waals surface area contributed by atoms with Gasteiger partial charge < -0.3 is 5.11 Å². The molecule has 106 valence electrons. The fourth-order valence-corrected chi connectivity index (χ4v) is 3.43. The lowest BCUT2D eigenvalue weighted by Crippen LogP contribution is -1.98. The molecule has 9 heteroatoms. The second-order valence-electron chi connectivity index (χ2n) is 4.68. The van der Waals surface area contributed by atoms with Crippen LogP contribution in [-0.4, -0.2) is 34.7 Å². The molecule has 0 spiro atoms. The number of phenols is 1. The SMILES string of the molecule is Oc1ccc(-n2nnnc2Sc2nc(C3CC3)ns2)cc1. The lowest BCUT2D eigenvalue weighted by Gasteiger charge is -2.02. The van der Waals surface area contributed by atoms with E-state index in [2.05, 4.69) is 24.9 Å². The highest BCUT2D eigenvalue weighted by Crippen LogP contribution is 2.40. The number of benzene rings is 1. The van der Waals surface area contributed by atoms with Gasteiger partial charge in [-0.1, -0.05) is 0 Å². The van der Waals surface area contributed by atoms with Crippen molar-refractivity contribution < 1.29 is 5.11 Å². The van der Waals surface area contributed by atoms with Crippen LogP contribution in [0.3, 0.4) is 0 Å². The number of rotatable bonds is 4. The van der Waals surface area contributed by atoms with Crippen molar-refractivity contribution >= 4 is 23.3 Å². The lowest BCUT2D eigenvalue weighted by molar-refractivity contribution is 0.475. The summed E-state index contributed by atoms with van der Waals surface area (Å²) >= 11 is 2.77. The van der Waals surface area contributed by atoms with Gasteiger partial charge in [0.25, 0.3) is 0 Å². The summed E-state index contributed by atoms with van der Waals surface area (Å²) in [6.07, 6.45) is 2.37. The van der Waals surface area contributed by atoms with Crippen LogP contribution in [-0.2, 0) is 0 Å². The van der Waals surface area contributed by atoms with Gasteiger partial charge in [-0.15, -0.1) is 5.10 Å². The Labute approximate surface area is 128 Å². The standard InChI is InChI=1S/C12H10N6OS2/c19-9-5-3-8(4-6-9)18-11(14-16-17-18)20-12-13-10(15-21-12)7-1-2-7/h3-7,19H,1-2H2. The molecule has 1 aliphatic rings. The van der Waals surface area contributed by atoms with Crippen molar-refractivity contribution in [3.05, 3.63) is 30.1 Å². The summed E-state index contributed by atoms with van der Waals surface area (Å²) < 4.78 is 6.82. The zero-order chi connectivity index (χ0) is 14.2. The third-order valence-electron chi connectivity index (χ3n) is 3.08. The smallest absolute Gasteiger partial charge is 0.221 e. The van der Waals surface area contributed by atoms with Gasteiger partial charge in [-0.25, -0.2) is 4.98 Å². The van der Waals surface area contributed by atoms with Gasteiger partial charge in [-0.05, 0) is 70.8 Å². The number of hydrogen-bond donors (Lipinski definition) is 1. The summed E-state index contributed by atoms with van der Waals surface area (Å²) in [5, 5.41) is 21.7. The van der Waals surface area contributed by atoms with Gasteiger partial charge in [0.1, 0.15) is 11.6 Å². The van der Waals surface area contributed by atoms with Crippen molar-refractivity contribution in [1.29, 1.82) is 0 Å². The van der Waals surface area contributed by atoms with E-state index in [1.54, 1.807) is 28.9 Å². The molecule has 2 heterocycles. The molecule has 1 saturated carbocycles. The maximum absolute atomic E-state index is 9.34. The van der Waals surface area contributed by atoms with Crippen molar-refractivity contribution in [3.63, 3.8) is 0 Å². The Hall–Kier alpha value is -2.00. The van der Waals surface area contributed by atoms with Gasteiger partial charge in [0.05, 0.1) is 5.69 Å². The van der Waals surface area contributed by atoms with Crippen LogP contribution in [0.1, 0.15) is 24.6 Å². The van der Waals surface area contributed by atoms with Gasteiger partial charge in [0, 0.05) is 5.92 Å². The summed E-state index contributed by atoms with van der Waals surface area (Å²) in [5.41, 5.74) is 0.784. The maximum atomic E-state index is 9.34. The molecule has 1 aliphatic carbocycles. The number of phenolic OH excluding ortho intramolecular Hbond substituents is 1. The molecule has 0 atom stereocenters. The van der Waals surface area contributed by atoms with E-state index < -0.39 is 0 Å². The van der Waals surface area contributed by atoms with E-state index in [0.29, 0.717) is 11.1 Å². The summed E-state index contributed by atoms with van der Waals surface area (Å²) in [7, 11) is 0. The van der Waals surface area contributed by atoms with Gasteiger partial charge in [-0.3, -0.25) is 0 Å². The zero-order valence-corrected chi connectivity index (χ0v) is 12.4. The molecule has 0 unspecified atom stereocenters. The van der Waals surface area contributed by atoms with Crippen LogP contribution in [0, 0.1) is 0 Å². The van der Waals surface area contributed by atoms with Crippen LogP contribution in [0.5, 0.6) is 5.75 Å². The zero-order valence-electron chi connectivity index (χ0n) is 10.7. The molecule has 7 nitrogen and oxygen atoms in total. The molecular formula is C12H10N6OS2. The van der Waals surface area contributed by atoms with Crippen molar-refractivity contribution in [2.45, 2.75) is 28.3 Å². The van der Waals surface area contributed by atoms with E-state index in [1.165, 1.54) is 36.1 Å². The Bertz CT molecular complexity index is 764. The van der Waals surface area contributed by atoms with Gasteiger partial charge in [-0.2, -0.15) is 9.06 Å². The first-order chi connectivity index (χ1) is 10.3. The summed E-state index contributed by atoms with van der Waals surface area (Å²) in [6.45, 7) is 0. The normalized spacial score (nSPS) is 14.5. The predicted octanol–water partition coefficient (Wildman–Crippen LogP) is 2.25. The van der Waals surface area contributed by atoms with E-state index in [1.807, 2.05) is 0 Å². The quantitative estimate of drug-likeness (QED) is 0.789. The van der Waals surface area contributed by atoms with Crippen LogP contribution in [0.15, 0.2) is 33.8 Å². The van der Waals surface area contributed by atoms with E-state index in [-0.39, 0.29) is 5.75 Å². The van der Waals surface area contributed by atoms with Gasteiger partial charge >= 0.3 is 0 Å². The van der Waals surface area contributed by atoms with Crippen molar-refractivity contribution in [2.24, 2.45) is 0 Å². The first kappa shape index (κ1) is 12.7. The predicted molar refractivity (Wildman–Crippen MR) is 76.8 cm³/mol. The first-order valence-electron chi connectivity index (χ1n) is 6.39. The largest absolute Gasteiger partial charge is 0.508 e. The lowest BCUT2D eigenvalue weighted by atomic mass is 10.3. The summed E-state index contributed by atoms with van der Waals surface area (Å²) in [6, 6.07) is 6.71. The second kappa shape index (κ2) is 5.08. The number of tetrazole rings is 1. The second-order valence-corrected chi connectivity index (χ2v) is 6.65. The fraction of sp³-hybridized carbons (Fsp3) is 0.250. The van der Waals surface area contributed by atoms with E-state index in [9.17, 15) is 5.11 Å². The molecule has 0 saturated heterocycles. The molecule has 4 rings (SSSR count). The molecule has 3 aromatic rings. The molecule has 1 aromatic carbocycles. The first-order valence-corrected chi connectivity index (χ1v) is 7.98. The highest BCUT2D eigenvalue weighted by molar-refractivity contribution is 8.00.